The second kappa shape index (κ2) is 4.02. The lowest BCUT2D eigenvalue weighted by Crippen LogP contribution is -2.08. The molecule has 0 amide bonds. The van der Waals surface area contributed by atoms with E-state index in [4.69, 9.17) is 0 Å². The molecule has 1 N–H and O–H groups in total. The Morgan fingerprint density at radius 1 is 1.29 bits per heavy atom. The highest BCUT2D eigenvalue weighted by atomic mass is 15.3. The molecule has 1 aliphatic rings. The van der Waals surface area contributed by atoms with Crippen LogP contribution in [0.5, 0.6) is 0 Å². The fourth-order valence-corrected chi connectivity index (χ4v) is 2.88. The van der Waals surface area contributed by atoms with Crippen molar-refractivity contribution in [3.63, 3.8) is 0 Å². The van der Waals surface area contributed by atoms with Crippen LogP contribution in [0.4, 0.5) is 0 Å². The van der Waals surface area contributed by atoms with E-state index >= 15 is 0 Å². The van der Waals surface area contributed by atoms with Crippen LogP contribution in [-0.2, 0) is 0 Å². The van der Waals surface area contributed by atoms with Gasteiger partial charge < -0.3 is 0 Å². The van der Waals surface area contributed by atoms with Gasteiger partial charge in [0, 0.05) is 17.5 Å². The normalized spacial score (nSPS) is 16.8. The van der Waals surface area contributed by atoms with Gasteiger partial charge in [0.2, 0.25) is 0 Å². The minimum Gasteiger partial charge on any atom is -0.282 e. The average molecular weight is 230 g/mol. The van der Waals surface area contributed by atoms with Gasteiger partial charge >= 0.3 is 0 Å². The lowest BCUT2D eigenvalue weighted by molar-refractivity contribution is 0.472. The van der Waals surface area contributed by atoms with E-state index in [9.17, 15) is 0 Å². The van der Waals surface area contributed by atoms with Crippen molar-refractivity contribution in [1.29, 1.82) is 0 Å². The Kier molecular flexibility index (Phi) is 2.50. The SMILES string of the molecule is Cc1n[nH]c(C)c1-c1ccnn1C1CCCC1. The van der Waals surface area contributed by atoms with Crippen molar-refractivity contribution < 1.29 is 0 Å². The van der Waals surface area contributed by atoms with E-state index in [0.717, 1.165) is 11.4 Å². The van der Waals surface area contributed by atoms with Crippen LogP contribution < -0.4 is 0 Å². The topological polar surface area (TPSA) is 46.5 Å². The maximum absolute atomic E-state index is 4.51. The number of hydrogen-bond donors (Lipinski definition) is 1. The van der Waals surface area contributed by atoms with Gasteiger partial charge in [-0.1, -0.05) is 12.8 Å². The van der Waals surface area contributed by atoms with Gasteiger partial charge in [0.1, 0.15) is 0 Å². The van der Waals surface area contributed by atoms with Gasteiger partial charge in [-0.15, -0.1) is 0 Å². The molecule has 0 atom stereocenters. The molecule has 0 unspecified atom stereocenters. The summed E-state index contributed by atoms with van der Waals surface area (Å²) in [7, 11) is 0. The summed E-state index contributed by atoms with van der Waals surface area (Å²) in [6.07, 6.45) is 7.06. The lowest BCUT2D eigenvalue weighted by atomic mass is 10.1. The van der Waals surface area contributed by atoms with Gasteiger partial charge in [-0.2, -0.15) is 10.2 Å². The van der Waals surface area contributed by atoms with Crippen LogP contribution in [0.3, 0.4) is 0 Å². The highest BCUT2D eigenvalue weighted by Crippen LogP contribution is 2.34. The second-order valence-electron chi connectivity index (χ2n) is 4.91. The van der Waals surface area contributed by atoms with Gasteiger partial charge in [0.05, 0.1) is 17.4 Å². The summed E-state index contributed by atoms with van der Waals surface area (Å²) in [5.41, 5.74) is 4.61. The Labute approximate surface area is 101 Å². The van der Waals surface area contributed by atoms with Gasteiger partial charge in [0.25, 0.3) is 0 Å². The molecule has 17 heavy (non-hydrogen) atoms. The van der Waals surface area contributed by atoms with Gasteiger partial charge in [-0.05, 0) is 32.8 Å². The molecule has 2 aromatic heterocycles. The number of nitrogens with zero attached hydrogens (tertiary/aromatic N) is 3. The van der Waals surface area contributed by atoms with Crippen LogP contribution in [0.1, 0.15) is 43.1 Å². The fraction of sp³-hybridized carbons (Fsp3) is 0.538. The predicted molar refractivity (Wildman–Crippen MR) is 66.8 cm³/mol. The number of nitrogens with one attached hydrogen (secondary N) is 1. The molecule has 0 aliphatic heterocycles. The lowest BCUT2D eigenvalue weighted by Gasteiger charge is -2.14. The quantitative estimate of drug-likeness (QED) is 0.862. The van der Waals surface area contributed by atoms with Gasteiger partial charge in [-0.25, -0.2) is 0 Å². The first kappa shape index (κ1) is 10.6. The van der Waals surface area contributed by atoms with Crippen molar-refractivity contribution in [2.45, 2.75) is 45.6 Å². The Morgan fingerprint density at radius 2 is 2.06 bits per heavy atom. The molecule has 0 saturated heterocycles. The average Bonchev–Trinajstić information content (AvgIpc) is 2.98. The standard InChI is InChI=1S/C13H18N4/c1-9-13(10(2)16-15-9)12-7-8-14-17(12)11-5-3-4-6-11/h7-8,11H,3-6H2,1-2H3,(H,15,16). The number of rotatable bonds is 2. The molecular weight excluding hydrogens is 212 g/mol. The number of H-pyrrole nitrogens is 1. The molecule has 4 heteroatoms. The van der Waals surface area contributed by atoms with Crippen molar-refractivity contribution >= 4 is 0 Å². The molecule has 3 rings (SSSR count). The predicted octanol–water partition coefficient (Wildman–Crippen LogP) is 3.01. The number of hydrogen-bond acceptors (Lipinski definition) is 2. The molecule has 4 nitrogen and oxygen atoms in total. The first-order chi connectivity index (χ1) is 8.27. The first-order valence-corrected chi connectivity index (χ1v) is 6.33. The number of aromatic amines is 1. The zero-order valence-electron chi connectivity index (χ0n) is 10.4. The molecule has 1 saturated carbocycles. The molecule has 2 aromatic rings. The summed E-state index contributed by atoms with van der Waals surface area (Å²) in [6.45, 7) is 4.12. The summed E-state index contributed by atoms with van der Waals surface area (Å²) in [5, 5.41) is 11.8. The molecule has 1 fully saturated rings. The zero-order chi connectivity index (χ0) is 11.8. The van der Waals surface area contributed by atoms with E-state index in [1.807, 2.05) is 13.1 Å². The van der Waals surface area contributed by atoms with Crippen LogP contribution in [0.25, 0.3) is 11.3 Å². The summed E-state index contributed by atoms with van der Waals surface area (Å²) in [4.78, 5) is 0. The molecule has 0 bridgehead atoms. The molecule has 0 aromatic carbocycles. The Hall–Kier alpha value is -1.58. The van der Waals surface area contributed by atoms with E-state index in [1.165, 1.54) is 36.9 Å². The van der Waals surface area contributed by atoms with E-state index in [1.54, 1.807) is 0 Å². The molecular formula is C13H18N4. The van der Waals surface area contributed by atoms with Crippen molar-refractivity contribution in [3.05, 3.63) is 23.7 Å². The Balaban J connectivity index is 2.06. The summed E-state index contributed by atoms with van der Waals surface area (Å²) in [5.74, 6) is 0. The minimum absolute atomic E-state index is 0.577. The third kappa shape index (κ3) is 1.68. The molecule has 0 radical (unpaired) electrons. The highest BCUT2D eigenvalue weighted by Gasteiger charge is 2.22. The first-order valence-electron chi connectivity index (χ1n) is 6.33. The zero-order valence-corrected chi connectivity index (χ0v) is 10.4. The highest BCUT2D eigenvalue weighted by molar-refractivity contribution is 5.64. The van der Waals surface area contributed by atoms with E-state index < -0.39 is 0 Å². The van der Waals surface area contributed by atoms with Crippen molar-refractivity contribution in [2.24, 2.45) is 0 Å². The van der Waals surface area contributed by atoms with Crippen LogP contribution >= 0.6 is 0 Å². The Morgan fingerprint density at radius 3 is 2.71 bits per heavy atom. The van der Waals surface area contributed by atoms with Crippen LogP contribution in [0.15, 0.2) is 12.3 Å². The van der Waals surface area contributed by atoms with Crippen LogP contribution in [0.2, 0.25) is 0 Å². The Bertz CT molecular complexity index is 498. The number of aromatic nitrogens is 4. The summed E-state index contributed by atoms with van der Waals surface area (Å²) >= 11 is 0. The van der Waals surface area contributed by atoms with Crippen LogP contribution in [0, 0.1) is 13.8 Å². The van der Waals surface area contributed by atoms with Gasteiger partial charge in [-0.3, -0.25) is 9.78 Å². The maximum Gasteiger partial charge on any atom is 0.0722 e. The van der Waals surface area contributed by atoms with E-state index in [2.05, 4.69) is 33.0 Å². The van der Waals surface area contributed by atoms with Gasteiger partial charge in [0.15, 0.2) is 0 Å². The third-order valence-electron chi connectivity index (χ3n) is 3.73. The molecule has 2 heterocycles. The second-order valence-corrected chi connectivity index (χ2v) is 4.91. The minimum atomic E-state index is 0.577. The summed E-state index contributed by atoms with van der Waals surface area (Å²) < 4.78 is 2.19. The monoisotopic (exact) mass is 230 g/mol. The third-order valence-corrected chi connectivity index (χ3v) is 3.73. The molecule has 1 aliphatic carbocycles. The van der Waals surface area contributed by atoms with Crippen LogP contribution in [-0.4, -0.2) is 20.0 Å². The number of aryl methyl sites for hydroxylation is 2. The maximum atomic E-state index is 4.51. The summed E-state index contributed by atoms with van der Waals surface area (Å²) in [6, 6.07) is 2.68. The van der Waals surface area contributed by atoms with Crippen molar-refractivity contribution in [1.82, 2.24) is 20.0 Å². The molecule has 0 spiro atoms. The van der Waals surface area contributed by atoms with E-state index in [0.29, 0.717) is 6.04 Å². The fourth-order valence-electron chi connectivity index (χ4n) is 2.88. The van der Waals surface area contributed by atoms with E-state index in [-0.39, 0.29) is 0 Å². The molecule has 90 valence electrons. The van der Waals surface area contributed by atoms with Crippen molar-refractivity contribution in [3.8, 4) is 11.3 Å². The van der Waals surface area contributed by atoms with Crippen molar-refractivity contribution in [2.75, 3.05) is 0 Å². The largest absolute Gasteiger partial charge is 0.282 e. The smallest absolute Gasteiger partial charge is 0.0722 e.